The van der Waals surface area contributed by atoms with Crippen LogP contribution in [0, 0.1) is 17.8 Å². The van der Waals surface area contributed by atoms with Crippen LogP contribution in [-0.2, 0) is 4.74 Å². The number of rotatable bonds is 7. The van der Waals surface area contributed by atoms with Crippen molar-refractivity contribution in [1.82, 2.24) is 0 Å². The van der Waals surface area contributed by atoms with Crippen LogP contribution >= 0.6 is 11.6 Å². The van der Waals surface area contributed by atoms with E-state index in [1.807, 2.05) is 13.8 Å². The Bertz CT molecular complexity index is 299. The predicted octanol–water partition coefficient (Wildman–Crippen LogP) is 3.70. The summed E-state index contributed by atoms with van der Waals surface area (Å²) in [5, 5.41) is 10.4. The minimum atomic E-state index is -0.342. The van der Waals surface area contributed by atoms with Crippen molar-refractivity contribution in [2.75, 3.05) is 0 Å². The quantitative estimate of drug-likeness (QED) is 0.706. The molecule has 0 aliphatic heterocycles. The molecule has 0 saturated heterocycles. The van der Waals surface area contributed by atoms with Crippen LogP contribution in [0.2, 0.25) is 0 Å². The van der Waals surface area contributed by atoms with Crippen molar-refractivity contribution in [2.24, 2.45) is 17.8 Å². The van der Waals surface area contributed by atoms with Crippen LogP contribution in [0.4, 0.5) is 0 Å². The van der Waals surface area contributed by atoms with Gasteiger partial charge >= 0.3 is 0 Å². The second-order valence-corrected chi connectivity index (χ2v) is 5.54. The molecule has 4 unspecified atom stereocenters. The van der Waals surface area contributed by atoms with E-state index < -0.39 is 0 Å². The zero-order valence-electron chi connectivity index (χ0n) is 10.9. The highest BCUT2D eigenvalue weighted by Gasteiger charge is 2.55. The van der Waals surface area contributed by atoms with Crippen molar-refractivity contribution in [3.05, 3.63) is 23.9 Å². The second kappa shape index (κ2) is 5.92. The molecule has 0 aromatic rings. The lowest BCUT2D eigenvalue weighted by Gasteiger charge is -2.13. The van der Waals surface area contributed by atoms with Crippen LogP contribution in [0.5, 0.6) is 0 Å². The molecule has 1 N–H and O–H groups in total. The Morgan fingerprint density at radius 1 is 1.47 bits per heavy atom. The molecule has 5 atom stereocenters. The van der Waals surface area contributed by atoms with Crippen molar-refractivity contribution in [3.8, 4) is 0 Å². The summed E-state index contributed by atoms with van der Waals surface area (Å²) < 4.78 is 5.65. The lowest BCUT2D eigenvalue weighted by atomic mass is 9.97. The molecule has 1 aliphatic rings. The predicted molar refractivity (Wildman–Crippen MR) is 71.7 cm³/mol. The van der Waals surface area contributed by atoms with Gasteiger partial charge in [-0.1, -0.05) is 31.7 Å². The van der Waals surface area contributed by atoms with E-state index in [9.17, 15) is 5.11 Å². The number of allylic oxidation sites excluding steroid dienone is 2. The minimum absolute atomic E-state index is 0.0950. The van der Waals surface area contributed by atoms with E-state index in [1.54, 1.807) is 0 Å². The number of aliphatic hydroxyl groups is 1. The first-order chi connectivity index (χ1) is 7.88. The van der Waals surface area contributed by atoms with E-state index >= 15 is 0 Å². The van der Waals surface area contributed by atoms with E-state index in [0.29, 0.717) is 22.6 Å². The molecular weight excluding hydrogens is 236 g/mol. The maximum atomic E-state index is 9.70. The fourth-order valence-corrected chi connectivity index (χ4v) is 2.78. The van der Waals surface area contributed by atoms with E-state index in [-0.39, 0.29) is 18.1 Å². The molecule has 1 rings (SSSR count). The number of hydrogen-bond acceptors (Lipinski definition) is 2. The van der Waals surface area contributed by atoms with Crippen molar-refractivity contribution in [3.63, 3.8) is 0 Å². The van der Waals surface area contributed by atoms with Gasteiger partial charge in [0.15, 0.2) is 0 Å². The van der Waals surface area contributed by atoms with Crippen molar-refractivity contribution >= 4 is 11.6 Å². The molecule has 0 radical (unpaired) electrons. The standard InChI is InChI=1S/C14H23ClO2/c1-6-11(9(4)15)7-12-13(10(5)16)14(12)17-8(2)3/h10-14,16H,2,4,6-7H2,1,3,5H3/t10?,11?,12?,13-,14?/m0/s1. The van der Waals surface area contributed by atoms with E-state index in [2.05, 4.69) is 20.1 Å². The molecule has 0 aromatic carbocycles. The maximum Gasteiger partial charge on any atom is 0.107 e. The zero-order valence-corrected chi connectivity index (χ0v) is 11.7. The van der Waals surface area contributed by atoms with Crippen LogP contribution < -0.4 is 0 Å². The fraction of sp³-hybridized carbons (Fsp3) is 0.714. The lowest BCUT2D eigenvalue weighted by molar-refractivity contribution is 0.120. The molecule has 1 fully saturated rings. The molecule has 2 nitrogen and oxygen atoms in total. The highest BCUT2D eigenvalue weighted by molar-refractivity contribution is 6.29. The molecule has 1 aliphatic carbocycles. The third-order valence-corrected chi connectivity index (χ3v) is 3.85. The minimum Gasteiger partial charge on any atom is -0.495 e. The third-order valence-electron chi connectivity index (χ3n) is 3.54. The van der Waals surface area contributed by atoms with Gasteiger partial charge in [0, 0.05) is 16.9 Å². The summed E-state index contributed by atoms with van der Waals surface area (Å²) in [6, 6.07) is 0. The molecule has 98 valence electrons. The average molecular weight is 259 g/mol. The zero-order chi connectivity index (χ0) is 13.2. The Balaban J connectivity index is 2.57. The Kier molecular flexibility index (Phi) is 5.08. The van der Waals surface area contributed by atoms with E-state index in [4.69, 9.17) is 16.3 Å². The average Bonchev–Trinajstić information content (AvgIpc) is 2.85. The summed E-state index contributed by atoms with van der Waals surface area (Å²) in [7, 11) is 0. The molecule has 0 bridgehead atoms. The topological polar surface area (TPSA) is 29.5 Å². The van der Waals surface area contributed by atoms with E-state index in [1.165, 1.54) is 0 Å². The van der Waals surface area contributed by atoms with Crippen molar-refractivity contribution < 1.29 is 9.84 Å². The molecule has 0 aromatic heterocycles. The van der Waals surface area contributed by atoms with Gasteiger partial charge in [0.2, 0.25) is 0 Å². The highest BCUT2D eigenvalue weighted by Crippen LogP contribution is 2.50. The number of ether oxygens (including phenoxy) is 1. The second-order valence-electron chi connectivity index (χ2n) is 5.05. The summed E-state index contributed by atoms with van der Waals surface area (Å²) in [6.07, 6.45) is 1.67. The van der Waals surface area contributed by atoms with Gasteiger partial charge in [-0.25, -0.2) is 0 Å². The van der Waals surface area contributed by atoms with Gasteiger partial charge in [-0.05, 0) is 32.6 Å². The Morgan fingerprint density at radius 3 is 2.41 bits per heavy atom. The number of hydrogen-bond donors (Lipinski definition) is 1. The molecule has 1 saturated carbocycles. The Morgan fingerprint density at radius 2 is 2.06 bits per heavy atom. The van der Waals surface area contributed by atoms with Crippen LogP contribution in [0.25, 0.3) is 0 Å². The molecule has 17 heavy (non-hydrogen) atoms. The molecule has 0 amide bonds. The molecule has 0 heterocycles. The summed E-state index contributed by atoms with van der Waals surface area (Å²) in [5.41, 5.74) is 0. The van der Waals surface area contributed by atoms with Crippen LogP contribution in [0.1, 0.15) is 33.6 Å². The van der Waals surface area contributed by atoms with Gasteiger partial charge in [-0.3, -0.25) is 0 Å². The highest BCUT2D eigenvalue weighted by atomic mass is 35.5. The summed E-state index contributed by atoms with van der Waals surface area (Å²) >= 11 is 5.98. The van der Waals surface area contributed by atoms with Gasteiger partial charge in [-0.15, -0.1) is 0 Å². The maximum absolute atomic E-state index is 9.70. The fourth-order valence-electron chi connectivity index (χ4n) is 2.53. The van der Waals surface area contributed by atoms with E-state index in [0.717, 1.165) is 12.8 Å². The normalized spacial score (nSPS) is 30.5. The van der Waals surface area contributed by atoms with Crippen molar-refractivity contribution in [2.45, 2.75) is 45.8 Å². The smallest absolute Gasteiger partial charge is 0.107 e. The van der Waals surface area contributed by atoms with Gasteiger partial charge in [0.1, 0.15) is 6.10 Å². The largest absolute Gasteiger partial charge is 0.495 e. The van der Waals surface area contributed by atoms with Gasteiger partial charge in [0.05, 0.1) is 11.9 Å². The van der Waals surface area contributed by atoms with Crippen LogP contribution in [0.15, 0.2) is 23.9 Å². The lowest BCUT2D eigenvalue weighted by Crippen LogP contribution is -2.08. The van der Waals surface area contributed by atoms with Gasteiger partial charge in [-0.2, -0.15) is 0 Å². The Labute approximate surface area is 109 Å². The first kappa shape index (κ1) is 14.6. The first-order valence-electron chi connectivity index (χ1n) is 6.23. The number of halogens is 1. The van der Waals surface area contributed by atoms with Gasteiger partial charge < -0.3 is 9.84 Å². The Hall–Kier alpha value is -0.470. The summed E-state index contributed by atoms with van der Waals surface area (Å²) in [5.74, 6) is 1.59. The van der Waals surface area contributed by atoms with Crippen LogP contribution in [0.3, 0.4) is 0 Å². The summed E-state index contributed by atoms with van der Waals surface area (Å²) in [6.45, 7) is 13.3. The first-order valence-corrected chi connectivity index (χ1v) is 6.60. The number of aliphatic hydroxyl groups excluding tert-OH is 1. The molecule has 0 spiro atoms. The third kappa shape index (κ3) is 3.75. The van der Waals surface area contributed by atoms with Gasteiger partial charge in [0.25, 0.3) is 0 Å². The summed E-state index contributed by atoms with van der Waals surface area (Å²) in [4.78, 5) is 0. The SMILES string of the molecule is C=C(C)OC1C(CC(CC)C(=C)Cl)[C@@H]1C(C)O. The molecule has 3 heteroatoms. The van der Waals surface area contributed by atoms with Crippen molar-refractivity contribution in [1.29, 1.82) is 0 Å². The monoisotopic (exact) mass is 258 g/mol. The van der Waals surface area contributed by atoms with Crippen LogP contribution in [-0.4, -0.2) is 17.3 Å². The molecular formula is C14H23ClO2.